The smallest absolute Gasteiger partial charge is 0.362 e. The zero-order valence-electron chi connectivity index (χ0n) is 14.1. The summed E-state index contributed by atoms with van der Waals surface area (Å²) in [6.45, 7) is 9.45. The summed E-state index contributed by atoms with van der Waals surface area (Å²) in [6.07, 6.45) is -0.281. The van der Waals surface area contributed by atoms with Crippen molar-refractivity contribution in [1.82, 2.24) is 0 Å². The molecule has 0 N–H and O–H groups in total. The monoisotopic (exact) mass is 358 g/mol. The van der Waals surface area contributed by atoms with Gasteiger partial charge in [-0.1, -0.05) is 18.2 Å². The molecule has 0 saturated carbocycles. The van der Waals surface area contributed by atoms with Crippen LogP contribution in [0.2, 0.25) is 5.02 Å². The van der Waals surface area contributed by atoms with Crippen LogP contribution in [0.5, 0.6) is 5.75 Å². The second-order valence-corrected chi connectivity index (χ2v) is 4.88. The highest BCUT2D eigenvalue weighted by Gasteiger charge is 2.47. The Morgan fingerprint density at radius 1 is 1.12 bits per heavy atom. The van der Waals surface area contributed by atoms with E-state index < -0.39 is 18.2 Å². The molecule has 0 bridgehead atoms. The van der Waals surface area contributed by atoms with Gasteiger partial charge < -0.3 is 23.7 Å². The van der Waals surface area contributed by atoms with E-state index in [2.05, 4.69) is 6.58 Å². The molecule has 6 nitrogen and oxygen atoms in total. The fourth-order valence-electron chi connectivity index (χ4n) is 1.89. The molecule has 0 spiro atoms. The first-order valence-corrected chi connectivity index (χ1v) is 8.06. The van der Waals surface area contributed by atoms with Crippen LogP contribution in [-0.4, -0.2) is 38.1 Å². The van der Waals surface area contributed by atoms with E-state index in [1.807, 2.05) is 0 Å². The highest BCUT2D eigenvalue weighted by molar-refractivity contribution is 6.30. The van der Waals surface area contributed by atoms with E-state index in [1.54, 1.807) is 45.0 Å². The molecule has 7 heteroatoms. The average Bonchev–Trinajstić information content (AvgIpc) is 2.56. The molecule has 1 aromatic carbocycles. The molecule has 0 heterocycles. The lowest BCUT2D eigenvalue weighted by Gasteiger charge is -2.37. The Bertz CT molecular complexity index is 499. The molecule has 0 fully saturated rings. The quantitative estimate of drug-likeness (QED) is 0.342. The molecule has 0 aromatic heterocycles. The van der Waals surface area contributed by atoms with Crippen LogP contribution in [0.1, 0.15) is 20.8 Å². The molecular formula is C17H23ClO6. The Morgan fingerprint density at radius 3 is 2.04 bits per heavy atom. The highest BCUT2D eigenvalue weighted by Crippen LogP contribution is 2.27. The lowest BCUT2D eigenvalue weighted by atomic mass is 10.3. The number of benzene rings is 1. The second-order valence-electron chi connectivity index (χ2n) is 4.45. The summed E-state index contributed by atoms with van der Waals surface area (Å²) in [5.41, 5.74) is 0. The maximum Gasteiger partial charge on any atom is 0.362 e. The molecule has 0 aliphatic carbocycles. The molecule has 0 saturated heterocycles. The second kappa shape index (κ2) is 10.3. The zero-order chi connectivity index (χ0) is 18.0. The van der Waals surface area contributed by atoms with Gasteiger partial charge in [-0.05, 0) is 45.0 Å². The van der Waals surface area contributed by atoms with E-state index in [0.29, 0.717) is 10.8 Å². The minimum Gasteiger partial charge on any atom is -0.447 e. The van der Waals surface area contributed by atoms with Crippen LogP contribution in [0.15, 0.2) is 36.9 Å². The van der Waals surface area contributed by atoms with E-state index in [9.17, 15) is 4.79 Å². The summed E-state index contributed by atoms with van der Waals surface area (Å²) in [5, 5.41) is 0.549. The predicted octanol–water partition coefficient (Wildman–Crippen LogP) is 3.54. The third kappa shape index (κ3) is 5.79. The Kier molecular flexibility index (Phi) is 8.78. The van der Waals surface area contributed by atoms with Gasteiger partial charge in [-0.3, -0.25) is 0 Å². The van der Waals surface area contributed by atoms with Crippen LogP contribution in [0.3, 0.4) is 0 Å². The van der Waals surface area contributed by atoms with Crippen molar-refractivity contribution in [3.63, 3.8) is 0 Å². The number of halogens is 1. The Labute approximate surface area is 147 Å². The summed E-state index contributed by atoms with van der Waals surface area (Å²) in [5.74, 6) is -1.99. The van der Waals surface area contributed by atoms with Crippen molar-refractivity contribution >= 4 is 17.6 Å². The highest BCUT2D eigenvalue weighted by atomic mass is 35.5. The lowest BCUT2D eigenvalue weighted by molar-refractivity contribution is -0.436. The van der Waals surface area contributed by atoms with Crippen molar-refractivity contribution in [2.24, 2.45) is 0 Å². The molecule has 134 valence electrons. The number of esters is 1. The third-order valence-corrected chi connectivity index (χ3v) is 3.02. The molecular weight excluding hydrogens is 336 g/mol. The normalized spacial score (nSPS) is 12.5. The van der Waals surface area contributed by atoms with Crippen molar-refractivity contribution < 1.29 is 28.5 Å². The van der Waals surface area contributed by atoms with Gasteiger partial charge in [0.2, 0.25) is 0 Å². The SMILES string of the molecule is C=CC(=O)OC(Oc1ccc(Cl)cc1)C(OCC)(OCC)OCC. The summed E-state index contributed by atoms with van der Waals surface area (Å²) in [4.78, 5) is 11.7. The lowest BCUT2D eigenvalue weighted by Crippen LogP contribution is -2.54. The fourth-order valence-corrected chi connectivity index (χ4v) is 2.02. The standard InChI is InChI=1S/C17H23ClO6/c1-5-15(19)24-16(23-14-11-9-13(18)10-12-14)17(20-6-2,21-7-3)22-8-4/h5,9-12,16H,1,6-8H2,2-4H3. The fraction of sp³-hybridized carbons (Fsp3) is 0.471. The zero-order valence-corrected chi connectivity index (χ0v) is 14.9. The van der Waals surface area contributed by atoms with E-state index in [1.165, 1.54) is 0 Å². The Balaban J connectivity index is 3.16. The van der Waals surface area contributed by atoms with E-state index in [4.69, 9.17) is 35.3 Å². The molecule has 1 rings (SSSR count). The Hall–Kier alpha value is -1.60. The van der Waals surface area contributed by atoms with Gasteiger partial charge >= 0.3 is 18.2 Å². The topological polar surface area (TPSA) is 63.2 Å². The largest absolute Gasteiger partial charge is 0.447 e. The van der Waals surface area contributed by atoms with Crippen LogP contribution in [-0.2, 0) is 23.7 Å². The third-order valence-electron chi connectivity index (χ3n) is 2.77. The number of ether oxygens (including phenoxy) is 5. The summed E-state index contributed by atoms with van der Waals surface area (Å²) >= 11 is 5.87. The molecule has 1 aromatic rings. The summed E-state index contributed by atoms with van der Waals surface area (Å²) < 4.78 is 27.8. The van der Waals surface area contributed by atoms with Crippen molar-refractivity contribution in [3.8, 4) is 5.75 Å². The van der Waals surface area contributed by atoms with Gasteiger partial charge in [0.05, 0.1) is 0 Å². The Morgan fingerprint density at radius 2 is 1.62 bits per heavy atom. The van der Waals surface area contributed by atoms with Gasteiger partial charge in [-0.2, -0.15) is 0 Å². The minimum atomic E-state index is -1.70. The van der Waals surface area contributed by atoms with E-state index in [-0.39, 0.29) is 19.8 Å². The van der Waals surface area contributed by atoms with Crippen LogP contribution < -0.4 is 4.74 Å². The van der Waals surface area contributed by atoms with Gasteiger partial charge in [0.15, 0.2) is 0 Å². The number of carbonyl (C=O) groups is 1. The average molecular weight is 359 g/mol. The van der Waals surface area contributed by atoms with Crippen molar-refractivity contribution in [1.29, 1.82) is 0 Å². The van der Waals surface area contributed by atoms with Gasteiger partial charge in [0.25, 0.3) is 0 Å². The van der Waals surface area contributed by atoms with E-state index in [0.717, 1.165) is 6.08 Å². The number of carbonyl (C=O) groups excluding carboxylic acids is 1. The maximum atomic E-state index is 11.7. The number of hydrogen-bond donors (Lipinski definition) is 0. The van der Waals surface area contributed by atoms with Crippen molar-refractivity contribution in [2.75, 3.05) is 19.8 Å². The molecule has 0 aliphatic rings. The number of rotatable bonds is 11. The summed E-state index contributed by atoms with van der Waals surface area (Å²) in [7, 11) is 0. The molecule has 0 aliphatic heterocycles. The molecule has 1 unspecified atom stereocenters. The van der Waals surface area contributed by atoms with E-state index >= 15 is 0 Å². The van der Waals surface area contributed by atoms with Crippen LogP contribution in [0, 0.1) is 0 Å². The van der Waals surface area contributed by atoms with Crippen LogP contribution in [0.4, 0.5) is 0 Å². The predicted molar refractivity (Wildman–Crippen MR) is 89.8 cm³/mol. The van der Waals surface area contributed by atoms with Gasteiger partial charge in [-0.25, -0.2) is 4.79 Å². The molecule has 0 amide bonds. The van der Waals surface area contributed by atoms with Crippen molar-refractivity contribution in [2.45, 2.75) is 33.0 Å². The van der Waals surface area contributed by atoms with Gasteiger partial charge in [0, 0.05) is 30.9 Å². The minimum absolute atomic E-state index is 0.256. The first-order valence-electron chi connectivity index (χ1n) is 7.68. The molecule has 1 atom stereocenters. The maximum absolute atomic E-state index is 11.7. The first kappa shape index (κ1) is 20.4. The molecule has 0 radical (unpaired) electrons. The van der Waals surface area contributed by atoms with Gasteiger partial charge in [-0.15, -0.1) is 0 Å². The number of hydrogen-bond acceptors (Lipinski definition) is 6. The first-order chi connectivity index (χ1) is 11.5. The molecule has 24 heavy (non-hydrogen) atoms. The van der Waals surface area contributed by atoms with Gasteiger partial charge in [0.1, 0.15) is 5.75 Å². The van der Waals surface area contributed by atoms with Crippen LogP contribution in [0.25, 0.3) is 0 Å². The summed E-state index contributed by atoms with van der Waals surface area (Å²) in [6, 6.07) is 6.55. The van der Waals surface area contributed by atoms with Crippen LogP contribution >= 0.6 is 11.6 Å². The van der Waals surface area contributed by atoms with Crippen molar-refractivity contribution in [3.05, 3.63) is 41.9 Å².